The molecule has 0 aliphatic heterocycles. The smallest absolute Gasteiger partial charge is 0.201 e. The van der Waals surface area contributed by atoms with Crippen molar-refractivity contribution in [3.8, 4) is 0 Å². The maximum atomic E-state index is 11.6. The molecule has 74 valence electrons. The Labute approximate surface area is 84.0 Å². The molecule has 0 aromatic heterocycles. The molecule has 0 aromatic rings. The highest BCUT2D eigenvalue weighted by Crippen LogP contribution is 2.44. The van der Waals surface area contributed by atoms with E-state index in [0.29, 0.717) is 12.8 Å². The monoisotopic (exact) mass is 232 g/mol. The highest BCUT2D eigenvalue weighted by molar-refractivity contribution is 7.58. The molecular formula is C7H15Cl2O2P. The van der Waals surface area contributed by atoms with E-state index in [1.807, 2.05) is 0 Å². The third-order valence-corrected chi connectivity index (χ3v) is 3.56. The average molecular weight is 233 g/mol. The Kier molecular flexibility index (Phi) is 5.84. The van der Waals surface area contributed by atoms with E-state index < -0.39 is 7.37 Å². The molecule has 0 saturated heterocycles. The molecule has 0 aliphatic carbocycles. The molecule has 2 nitrogen and oxygen atoms in total. The zero-order valence-electron chi connectivity index (χ0n) is 7.59. The van der Waals surface area contributed by atoms with Crippen molar-refractivity contribution in [3.05, 3.63) is 0 Å². The minimum Gasteiger partial charge on any atom is -0.327 e. The number of rotatable bonds is 5. The molecule has 5 heteroatoms. The van der Waals surface area contributed by atoms with Crippen LogP contribution in [0.5, 0.6) is 0 Å². The molecule has 0 fully saturated rings. The SMILES string of the molecule is CC(Cl)COP(C)(=O)CC(C)Cl. The molecule has 0 amide bonds. The second-order valence-electron chi connectivity index (χ2n) is 3.05. The van der Waals surface area contributed by atoms with Crippen molar-refractivity contribution in [1.82, 2.24) is 0 Å². The van der Waals surface area contributed by atoms with Crippen LogP contribution in [-0.2, 0) is 9.09 Å². The van der Waals surface area contributed by atoms with Gasteiger partial charge in [-0.15, -0.1) is 23.2 Å². The van der Waals surface area contributed by atoms with E-state index in [1.165, 1.54) is 0 Å². The summed E-state index contributed by atoms with van der Waals surface area (Å²) in [6.07, 6.45) is 0.401. The predicted octanol–water partition coefficient (Wildman–Crippen LogP) is 3.17. The van der Waals surface area contributed by atoms with Crippen LogP contribution in [0.4, 0.5) is 0 Å². The third kappa shape index (κ3) is 7.42. The molecule has 0 spiro atoms. The Morgan fingerprint density at radius 1 is 1.33 bits per heavy atom. The van der Waals surface area contributed by atoms with Crippen molar-refractivity contribution in [2.24, 2.45) is 0 Å². The standard InChI is InChI=1S/C7H15Cl2O2P/c1-6(8)4-11-12(3,10)5-7(2)9/h6-7H,4-5H2,1-3H3. The molecular weight excluding hydrogens is 218 g/mol. The molecule has 3 atom stereocenters. The predicted molar refractivity (Wildman–Crippen MR) is 55.0 cm³/mol. The quantitative estimate of drug-likeness (QED) is 0.538. The van der Waals surface area contributed by atoms with E-state index in [-0.39, 0.29) is 10.8 Å². The van der Waals surface area contributed by atoms with Crippen LogP contribution in [-0.4, -0.2) is 30.2 Å². The van der Waals surface area contributed by atoms with Gasteiger partial charge in [-0.1, -0.05) is 0 Å². The van der Waals surface area contributed by atoms with Crippen molar-refractivity contribution >= 4 is 30.6 Å². The van der Waals surface area contributed by atoms with Gasteiger partial charge in [-0.05, 0) is 13.8 Å². The first-order chi connectivity index (χ1) is 5.33. The summed E-state index contributed by atoms with van der Waals surface area (Å²) < 4.78 is 16.7. The fourth-order valence-electron chi connectivity index (χ4n) is 0.770. The highest BCUT2D eigenvalue weighted by Gasteiger charge is 2.19. The summed E-state index contributed by atoms with van der Waals surface area (Å²) in [4.78, 5) is 0. The third-order valence-electron chi connectivity index (χ3n) is 1.16. The van der Waals surface area contributed by atoms with E-state index >= 15 is 0 Å². The lowest BCUT2D eigenvalue weighted by Gasteiger charge is -2.15. The number of hydrogen-bond acceptors (Lipinski definition) is 2. The van der Waals surface area contributed by atoms with Gasteiger partial charge in [0.05, 0.1) is 12.0 Å². The fourth-order valence-corrected chi connectivity index (χ4v) is 3.23. The van der Waals surface area contributed by atoms with E-state index in [9.17, 15) is 4.57 Å². The average Bonchev–Trinajstić information content (AvgIpc) is 1.81. The minimum absolute atomic E-state index is 0.107. The van der Waals surface area contributed by atoms with Crippen molar-refractivity contribution in [1.29, 1.82) is 0 Å². The first-order valence-electron chi connectivity index (χ1n) is 3.82. The first-order valence-corrected chi connectivity index (χ1v) is 6.95. The molecule has 0 bridgehead atoms. The van der Waals surface area contributed by atoms with Crippen LogP contribution < -0.4 is 0 Å². The number of hydrogen-bond donors (Lipinski definition) is 0. The molecule has 0 aromatic carbocycles. The van der Waals surface area contributed by atoms with Gasteiger partial charge < -0.3 is 4.52 Å². The summed E-state index contributed by atoms with van der Waals surface area (Å²) in [5.41, 5.74) is 0. The van der Waals surface area contributed by atoms with E-state index in [2.05, 4.69) is 0 Å². The van der Waals surface area contributed by atoms with E-state index in [4.69, 9.17) is 27.7 Å². The summed E-state index contributed by atoms with van der Waals surface area (Å²) in [7, 11) is -2.52. The van der Waals surface area contributed by atoms with Crippen LogP contribution in [0.15, 0.2) is 0 Å². The Morgan fingerprint density at radius 2 is 1.83 bits per heavy atom. The van der Waals surface area contributed by atoms with Crippen LogP contribution in [0.3, 0.4) is 0 Å². The molecule has 12 heavy (non-hydrogen) atoms. The van der Waals surface area contributed by atoms with Crippen LogP contribution >= 0.6 is 30.6 Å². The lowest BCUT2D eigenvalue weighted by molar-refractivity contribution is 0.319. The van der Waals surface area contributed by atoms with Crippen molar-refractivity contribution < 1.29 is 9.09 Å². The summed E-state index contributed by atoms with van der Waals surface area (Å²) >= 11 is 11.3. The lowest BCUT2D eigenvalue weighted by Crippen LogP contribution is -2.08. The number of alkyl halides is 2. The number of halogens is 2. The van der Waals surface area contributed by atoms with Crippen LogP contribution in [0, 0.1) is 0 Å². The second kappa shape index (κ2) is 5.49. The Bertz CT molecular complexity index is 171. The summed E-state index contributed by atoms with van der Waals surface area (Å²) in [6, 6.07) is 0. The first kappa shape index (κ1) is 12.8. The Balaban J connectivity index is 3.80. The van der Waals surface area contributed by atoms with E-state index in [1.54, 1.807) is 20.5 Å². The van der Waals surface area contributed by atoms with Gasteiger partial charge >= 0.3 is 0 Å². The van der Waals surface area contributed by atoms with Crippen LogP contribution in [0.25, 0.3) is 0 Å². The van der Waals surface area contributed by atoms with Gasteiger partial charge in [0.1, 0.15) is 0 Å². The summed E-state index contributed by atoms with van der Waals surface area (Å²) in [5, 5.41) is -0.227. The van der Waals surface area contributed by atoms with Crippen molar-refractivity contribution in [2.45, 2.75) is 24.6 Å². The molecule has 0 aliphatic rings. The summed E-state index contributed by atoms with van der Waals surface area (Å²) in [5.74, 6) is 0. The largest absolute Gasteiger partial charge is 0.327 e. The van der Waals surface area contributed by atoms with Gasteiger partial charge in [-0.3, -0.25) is 4.57 Å². The van der Waals surface area contributed by atoms with Gasteiger partial charge in [0.2, 0.25) is 7.37 Å². The lowest BCUT2D eigenvalue weighted by atomic mass is 10.5. The summed E-state index contributed by atoms with van der Waals surface area (Å²) in [6.45, 7) is 5.50. The maximum absolute atomic E-state index is 11.6. The van der Waals surface area contributed by atoms with Crippen molar-refractivity contribution in [2.75, 3.05) is 19.4 Å². The molecule has 0 heterocycles. The van der Waals surface area contributed by atoms with Gasteiger partial charge in [0.15, 0.2) is 0 Å². The second-order valence-corrected chi connectivity index (χ2v) is 7.20. The van der Waals surface area contributed by atoms with Gasteiger partial charge in [-0.2, -0.15) is 0 Å². The molecule has 0 N–H and O–H groups in total. The van der Waals surface area contributed by atoms with Crippen LogP contribution in [0.1, 0.15) is 13.8 Å². The maximum Gasteiger partial charge on any atom is 0.201 e. The topological polar surface area (TPSA) is 26.3 Å². The Hall–Kier alpha value is 0.770. The minimum atomic E-state index is -2.52. The van der Waals surface area contributed by atoms with Gasteiger partial charge in [0.25, 0.3) is 0 Å². The Morgan fingerprint density at radius 3 is 2.17 bits per heavy atom. The van der Waals surface area contributed by atoms with Gasteiger partial charge in [-0.25, -0.2) is 0 Å². The highest BCUT2D eigenvalue weighted by atomic mass is 35.5. The van der Waals surface area contributed by atoms with Crippen LogP contribution in [0.2, 0.25) is 0 Å². The molecule has 0 saturated carbocycles. The molecule has 3 unspecified atom stereocenters. The molecule has 0 radical (unpaired) electrons. The van der Waals surface area contributed by atoms with E-state index in [0.717, 1.165) is 0 Å². The zero-order chi connectivity index (χ0) is 9.78. The molecule has 0 rings (SSSR count). The van der Waals surface area contributed by atoms with Gasteiger partial charge in [0, 0.05) is 18.2 Å². The fraction of sp³-hybridized carbons (Fsp3) is 1.00. The zero-order valence-corrected chi connectivity index (χ0v) is 9.99. The normalized spacial score (nSPS) is 21.4. The van der Waals surface area contributed by atoms with Crippen molar-refractivity contribution in [3.63, 3.8) is 0 Å².